The standard InChI is InChI=1S/C27H27F3N6S.C26H25F3N6S/c1-17-18(2-3-23-21(17)10-19(13-31)34-23)14-35-7-4-26(15-35)5-8-36(9-6-26)24-22-11-20(12-27(28,29)30)37-25(22)33-16-32-24;1-16-17(2-3-22-20(16)8-18(11-30)33-22)12-34-6-4-25(13-34)5-7-35(14-25)23-21-9-19(10-26(27,28)29)36-24(21)32-15-31-23/h2-3,10-11,16,34H,4-9,12,14-15H2,1H3;2-3,8-9,15,33H,4-7,10,12-14H2,1H3. The number of alkyl halides is 6. The largest absolute Gasteiger partial charge is 0.393 e. The van der Waals surface area contributed by atoms with Crippen LogP contribution in [0.3, 0.4) is 0 Å². The van der Waals surface area contributed by atoms with E-state index in [0.717, 1.165) is 164 Å². The van der Waals surface area contributed by atoms with Gasteiger partial charge < -0.3 is 19.8 Å². The molecule has 1 unspecified atom stereocenters. The Balaban J connectivity index is 0.000000157. The first-order valence-corrected chi connectivity index (χ1v) is 26.1. The second-order valence-electron chi connectivity index (χ2n) is 20.6. The average molecular weight is 1040 g/mol. The van der Waals surface area contributed by atoms with Crippen molar-refractivity contribution in [3.05, 3.63) is 105 Å². The van der Waals surface area contributed by atoms with Gasteiger partial charge in [0.05, 0.1) is 23.6 Å². The number of hydrogen-bond acceptors (Lipinski definition) is 12. The van der Waals surface area contributed by atoms with Crippen LogP contribution in [0, 0.1) is 47.3 Å². The molecule has 1 atom stereocenters. The Bertz CT molecular complexity index is 3460. The molecule has 2 aromatic carbocycles. The number of anilines is 2. The Morgan fingerprint density at radius 3 is 1.49 bits per heavy atom. The number of hydrogen-bond donors (Lipinski definition) is 2. The maximum absolute atomic E-state index is 12.9. The highest BCUT2D eigenvalue weighted by Crippen LogP contribution is 2.45. The lowest BCUT2D eigenvalue weighted by molar-refractivity contribution is -0.127. The van der Waals surface area contributed by atoms with Gasteiger partial charge in [0, 0.05) is 89.3 Å². The fraction of sp³-hybridized carbons (Fsp3) is 0.434. The zero-order valence-electron chi connectivity index (χ0n) is 40.4. The van der Waals surface area contributed by atoms with E-state index in [9.17, 15) is 36.9 Å². The number of aromatic amines is 2. The van der Waals surface area contributed by atoms with Crippen molar-refractivity contribution >= 4 is 76.5 Å². The van der Waals surface area contributed by atoms with Gasteiger partial charge in [-0.05, 0) is 123 Å². The van der Waals surface area contributed by atoms with Crippen LogP contribution in [0.2, 0.25) is 0 Å². The molecule has 73 heavy (non-hydrogen) atoms. The number of fused-ring (bicyclic) bond motifs is 4. The first-order valence-electron chi connectivity index (χ1n) is 24.5. The number of aryl methyl sites for hydroxylation is 2. The Kier molecular flexibility index (Phi) is 12.6. The Morgan fingerprint density at radius 1 is 0.562 bits per heavy atom. The van der Waals surface area contributed by atoms with Gasteiger partial charge in [-0.15, -0.1) is 22.7 Å². The molecule has 12 rings (SSSR count). The SMILES string of the molecule is Cc1c(CN2CCC3(CCN(c4ncnc5sc(CC(F)(F)F)cc45)C3)C2)ccc2[nH]c(C#N)cc12.Cc1c(CN2CCC3(CCN(c4ncnc5sc(CC(F)(F)F)cc45)CC3)C2)ccc2[nH]c(C#N)cc12. The van der Waals surface area contributed by atoms with E-state index in [1.807, 2.05) is 12.1 Å². The number of aromatic nitrogens is 6. The number of likely N-dealkylation sites (tertiary alicyclic amines) is 2. The molecule has 0 aliphatic carbocycles. The van der Waals surface area contributed by atoms with Gasteiger partial charge in [-0.25, -0.2) is 19.9 Å². The van der Waals surface area contributed by atoms with Gasteiger partial charge in [-0.1, -0.05) is 12.1 Å². The first-order chi connectivity index (χ1) is 34.9. The number of nitriles is 2. The Morgan fingerprint density at radius 2 is 1.00 bits per heavy atom. The van der Waals surface area contributed by atoms with Crippen LogP contribution in [-0.2, 0) is 25.9 Å². The van der Waals surface area contributed by atoms with Crippen molar-refractivity contribution in [1.29, 1.82) is 10.5 Å². The molecule has 10 heterocycles. The molecule has 12 nitrogen and oxygen atoms in total. The maximum Gasteiger partial charge on any atom is 0.393 e. The first kappa shape index (κ1) is 48.9. The van der Waals surface area contributed by atoms with Crippen LogP contribution in [-0.4, -0.2) is 104 Å². The zero-order valence-corrected chi connectivity index (χ0v) is 42.0. The summed E-state index contributed by atoms with van der Waals surface area (Å²) in [6, 6.07) is 19.9. The second kappa shape index (κ2) is 18.9. The summed E-state index contributed by atoms with van der Waals surface area (Å²) >= 11 is 2.21. The molecule has 2 N–H and O–H groups in total. The van der Waals surface area contributed by atoms with Crippen LogP contribution in [0.1, 0.15) is 75.5 Å². The Hall–Kier alpha value is -6.32. The summed E-state index contributed by atoms with van der Waals surface area (Å²) in [5.74, 6) is 1.51. The van der Waals surface area contributed by atoms with E-state index in [2.05, 4.69) is 99.8 Å². The molecule has 6 aromatic heterocycles. The quantitative estimate of drug-likeness (QED) is 0.141. The second-order valence-corrected chi connectivity index (χ2v) is 22.9. The van der Waals surface area contributed by atoms with Gasteiger partial charge >= 0.3 is 12.4 Å². The molecule has 4 aliphatic rings. The summed E-state index contributed by atoms with van der Waals surface area (Å²) < 4.78 is 77.5. The molecule has 8 aromatic rings. The average Bonchev–Trinajstić information content (AvgIpc) is 4.23. The number of piperidine rings is 1. The molecule has 4 saturated heterocycles. The van der Waals surface area contributed by atoms with Gasteiger partial charge in [-0.3, -0.25) is 9.80 Å². The minimum absolute atomic E-state index is 0.155. The molecule has 4 fully saturated rings. The molecule has 20 heteroatoms. The maximum atomic E-state index is 12.9. The normalized spacial score (nSPS) is 19.5. The van der Waals surface area contributed by atoms with Crippen molar-refractivity contribution in [3.63, 3.8) is 0 Å². The van der Waals surface area contributed by atoms with Gasteiger partial charge in [0.1, 0.15) is 57.5 Å². The highest BCUT2D eigenvalue weighted by molar-refractivity contribution is 7.19. The predicted octanol–water partition coefficient (Wildman–Crippen LogP) is 11.5. The summed E-state index contributed by atoms with van der Waals surface area (Å²) in [5, 5.41) is 22.1. The number of nitrogens with zero attached hydrogens (tertiary/aromatic N) is 10. The van der Waals surface area contributed by atoms with Crippen LogP contribution >= 0.6 is 22.7 Å². The van der Waals surface area contributed by atoms with Crippen LogP contribution in [0.5, 0.6) is 0 Å². The van der Waals surface area contributed by atoms with Crippen molar-refractivity contribution < 1.29 is 26.3 Å². The van der Waals surface area contributed by atoms with Crippen molar-refractivity contribution in [2.45, 2.75) is 84.2 Å². The van der Waals surface area contributed by atoms with Crippen molar-refractivity contribution in [2.24, 2.45) is 10.8 Å². The van der Waals surface area contributed by atoms with E-state index in [-0.39, 0.29) is 20.6 Å². The van der Waals surface area contributed by atoms with E-state index >= 15 is 0 Å². The van der Waals surface area contributed by atoms with Gasteiger partial charge in [-0.2, -0.15) is 36.9 Å². The minimum atomic E-state index is -4.23. The lowest BCUT2D eigenvalue weighted by Crippen LogP contribution is -2.42. The smallest absolute Gasteiger partial charge is 0.356 e. The monoisotopic (exact) mass is 1030 g/mol. The van der Waals surface area contributed by atoms with Gasteiger partial charge in [0.2, 0.25) is 0 Å². The predicted molar refractivity (Wildman–Crippen MR) is 273 cm³/mol. The van der Waals surface area contributed by atoms with Crippen molar-refractivity contribution in [2.75, 3.05) is 62.2 Å². The number of benzene rings is 2. The summed E-state index contributed by atoms with van der Waals surface area (Å²) in [4.78, 5) is 35.0. The molecular formula is C53H52F6N12S2. The number of thiophene rings is 2. The third-order valence-electron chi connectivity index (χ3n) is 15.8. The number of nitrogens with one attached hydrogen (secondary N) is 2. The molecule has 0 amide bonds. The summed E-state index contributed by atoms with van der Waals surface area (Å²) in [6.45, 7) is 13.5. The summed E-state index contributed by atoms with van der Waals surface area (Å²) in [6.07, 6.45) is -2.04. The number of halogens is 6. The lowest BCUT2D eigenvalue weighted by atomic mass is 9.77. The fourth-order valence-corrected chi connectivity index (χ4v) is 14.0. The molecule has 0 bridgehead atoms. The molecule has 378 valence electrons. The number of rotatable bonds is 8. The lowest BCUT2D eigenvalue weighted by Gasteiger charge is -2.40. The highest BCUT2D eigenvalue weighted by atomic mass is 32.1. The van der Waals surface area contributed by atoms with E-state index in [1.54, 1.807) is 12.1 Å². The van der Waals surface area contributed by atoms with E-state index in [0.29, 0.717) is 21.0 Å². The highest BCUT2D eigenvalue weighted by Gasteiger charge is 2.45. The molecule has 2 spiro atoms. The van der Waals surface area contributed by atoms with Crippen LogP contribution in [0.4, 0.5) is 38.0 Å². The fourth-order valence-electron chi connectivity index (χ4n) is 12.0. The van der Waals surface area contributed by atoms with E-state index < -0.39 is 25.2 Å². The molecule has 0 saturated carbocycles. The topological polar surface area (TPSA) is 144 Å². The molecule has 0 radical (unpaired) electrons. The van der Waals surface area contributed by atoms with E-state index in [1.165, 1.54) is 34.9 Å². The summed E-state index contributed by atoms with van der Waals surface area (Å²) in [7, 11) is 0. The summed E-state index contributed by atoms with van der Waals surface area (Å²) in [5.41, 5.74) is 8.55. The van der Waals surface area contributed by atoms with Crippen LogP contribution in [0.25, 0.3) is 42.2 Å². The number of H-pyrrole nitrogens is 2. The third kappa shape index (κ3) is 10.1. The van der Waals surface area contributed by atoms with E-state index in [4.69, 9.17) is 0 Å². The Labute approximate surface area is 425 Å². The molecular weight excluding hydrogens is 983 g/mol. The zero-order chi connectivity index (χ0) is 50.9. The van der Waals surface area contributed by atoms with Crippen LogP contribution in [0.15, 0.2) is 61.2 Å². The van der Waals surface area contributed by atoms with Crippen molar-refractivity contribution in [1.82, 2.24) is 39.7 Å². The van der Waals surface area contributed by atoms with Gasteiger partial charge in [0.15, 0.2) is 0 Å². The minimum Gasteiger partial charge on any atom is -0.356 e. The van der Waals surface area contributed by atoms with Crippen molar-refractivity contribution in [3.8, 4) is 12.1 Å². The third-order valence-corrected chi connectivity index (χ3v) is 17.8. The van der Waals surface area contributed by atoms with Gasteiger partial charge in [0.25, 0.3) is 0 Å². The molecule has 4 aliphatic heterocycles. The van der Waals surface area contributed by atoms with Crippen LogP contribution < -0.4 is 9.80 Å².